The lowest BCUT2D eigenvalue weighted by Gasteiger charge is -2.28. The van der Waals surface area contributed by atoms with Crippen molar-refractivity contribution in [2.24, 2.45) is 0 Å². The summed E-state index contributed by atoms with van der Waals surface area (Å²) >= 11 is 2.07. The van der Waals surface area contributed by atoms with Gasteiger partial charge in [0, 0.05) is 17.0 Å². The molecule has 1 aromatic rings. The van der Waals surface area contributed by atoms with Crippen LogP contribution in [0, 0.1) is 3.57 Å². The Labute approximate surface area is 124 Å². The maximum atomic E-state index is 12.1. The highest BCUT2D eigenvalue weighted by Gasteiger charge is 2.32. The van der Waals surface area contributed by atoms with Crippen LogP contribution in [-0.4, -0.2) is 35.7 Å². The van der Waals surface area contributed by atoms with Gasteiger partial charge in [0.05, 0.1) is 5.56 Å². The Morgan fingerprint density at radius 1 is 1.37 bits per heavy atom. The summed E-state index contributed by atoms with van der Waals surface area (Å²) in [6, 6.07) is 6.53. The summed E-state index contributed by atoms with van der Waals surface area (Å²) in [6.07, 6.45) is 0.635. The van der Waals surface area contributed by atoms with Crippen LogP contribution in [0.2, 0.25) is 0 Å². The third-order valence-electron chi connectivity index (χ3n) is 3.07. The normalized spacial score (nSPS) is 19.5. The molecule has 100 valence electrons. The molecule has 5 nitrogen and oxygen atoms in total. The molecule has 0 saturated carbocycles. The monoisotopic (exact) mass is 372 g/mol. The number of hydrogen-bond donors (Lipinski definition) is 1. The molecule has 0 aromatic heterocycles. The number of rotatable bonds is 2. The Balaban J connectivity index is 2.10. The smallest absolute Gasteiger partial charge is 0.253 e. The van der Waals surface area contributed by atoms with Crippen molar-refractivity contribution in [3.63, 3.8) is 0 Å². The molecule has 1 N–H and O–H groups in total. The van der Waals surface area contributed by atoms with Crippen LogP contribution >= 0.6 is 22.6 Å². The van der Waals surface area contributed by atoms with Gasteiger partial charge in [-0.1, -0.05) is 12.1 Å². The number of benzene rings is 1. The molecule has 1 atom stereocenters. The molecule has 0 radical (unpaired) electrons. The van der Waals surface area contributed by atoms with Gasteiger partial charge < -0.3 is 5.32 Å². The van der Waals surface area contributed by atoms with Crippen molar-refractivity contribution in [2.75, 3.05) is 7.05 Å². The molecule has 2 rings (SSSR count). The van der Waals surface area contributed by atoms with Crippen LogP contribution in [0.5, 0.6) is 0 Å². The highest BCUT2D eigenvalue weighted by atomic mass is 127. The summed E-state index contributed by atoms with van der Waals surface area (Å²) in [5, 5.41) is 2.69. The number of nitrogens with one attached hydrogen (secondary N) is 1. The maximum Gasteiger partial charge on any atom is 0.253 e. The minimum Gasteiger partial charge on any atom is -0.340 e. The van der Waals surface area contributed by atoms with Crippen LogP contribution in [0.15, 0.2) is 24.3 Å². The molecule has 1 unspecified atom stereocenters. The van der Waals surface area contributed by atoms with Crippen molar-refractivity contribution in [1.82, 2.24) is 10.2 Å². The molecule has 0 spiro atoms. The quantitative estimate of drug-likeness (QED) is 0.626. The topological polar surface area (TPSA) is 66.5 Å². The molecular formula is C13H13IN2O3. The Kier molecular flexibility index (Phi) is 4.18. The molecule has 1 aliphatic heterocycles. The zero-order valence-electron chi connectivity index (χ0n) is 10.4. The number of likely N-dealkylation sites (tertiary alicyclic amines) is 1. The molecular weight excluding hydrogens is 359 g/mol. The van der Waals surface area contributed by atoms with E-state index in [0.717, 1.165) is 8.47 Å². The summed E-state index contributed by atoms with van der Waals surface area (Å²) in [7, 11) is 1.44. The van der Waals surface area contributed by atoms with E-state index in [0.29, 0.717) is 12.0 Å². The Bertz CT molecular complexity index is 544. The van der Waals surface area contributed by atoms with E-state index in [1.807, 2.05) is 12.1 Å². The highest BCUT2D eigenvalue weighted by molar-refractivity contribution is 14.1. The van der Waals surface area contributed by atoms with Gasteiger partial charge >= 0.3 is 0 Å². The van der Waals surface area contributed by atoms with E-state index in [4.69, 9.17) is 0 Å². The molecule has 1 fully saturated rings. The first-order valence-corrected chi connectivity index (χ1v) is 6.94. The lowest BCUT2D eigenvalue weighted by atomic mass is 10.0. The summed E-state index contributed by atoms with van der Waals surface area (Å²) in [5.41, 5.74) is 0.537. The van der Waals surface area contributed by atoms with Crippen molar-refractivity contribution >= 4 is 40.3 Å². The van der Waals surface area contributed by atoms with Crippen molar-refractivity contribution in [3.8, 4) is 0 Å². The van der Waals surface area contributed by atoms with Gasteiger partial charge in [0.15, 0.2) is 0 Å². The molecule has 0 aliphatic carbocycles. The first-order valence-electron chi connectivity index (χ1n) is 5.86. The zero-order valence-corrected chi connectivity index (χ0v) is 12.5. The zero-order chi connectivity index (χ0) is 14.0. The number of carbonyl (C=O) groups is 3. The van der Waals surface area contributed by atoms with Gasteiger partial charge in [-0.2, -0.15) is 0 Å². The minimum atomic E-state index is -0.619. The molecule has 3 amide bonds. The van der Waals surface area contributed by atoms with Crippen LogP contribution in [0.4, 0.5) is 0 Å². The minimum absolute atomic E-state index is 0.204. The van der Waals surface area contributed by atoms with E-state index in [2.05, 4.69) is 27.9 Å². The summed E-state index contributed by atoms with van der Waals surface area (Å²) < 4.78 is 0.824. The predicted molar refractivity (Wildman–Crippen MR) is 77.4 cm³/mol. The fraction of sp³-hybridized carbons (Fsp3) is 0.308. The third-order valence-corrected chi connectivity index (χ3v) is 4.01. The van der Waals surface area contributed by atoms with Gasteiger partial charge in [0.1, 0.15) is 6.04 Å². The van der Waals surface area contributed by atoms with E-state index in [1.165, 1.54) is 7.05 Å². The molecule has 0 bridgehead atoms. The summed E-state index contributed by atoms with van der Waals surface area (Å²) in [5.74, 6) is -0.841. The number of hydrogen-bond acceptors (Lipinski definition) is 3. The fourth-order valence-electron chi connectivity index (χ4n) is 1.93. The van der Waals surface area contributed by atoms with Crippen molar-refractivity contribution in [1.29, 1.82) is 0 Å². The first kappa shape index (κ1) is 14.0. The molecule has 1 saturated heterocycles. The van der Waals surface area contributed by atoms with Crippen LogP contribution in [0.1, 0.15) is 23.2 Å². The SMILES string of the molecule is CN1C(=O)CCC(NC(=O)c2ccccc2I)C1=O. The first-order chi connectivity index (χ1) is 9.00. The Morgan fingerprint density at radius 3 is 2.74 bits per heavy atom. The molecule has 19 heavy (non-hydrogen) atoms. The van der Waals surface area contributed by atoms with Crippen molar-refractivity contribution in [2.45, 2.75) is 18.9 Å². The number of amides is 3. The van der Waals surface area contributed by atoms with Gasteiger partial charge in [0.25, 0.3) is 11.8 Å². The van der Waals surface area contributed by atoms with Gasteiger partial charge in [-0.05, 0) is 41.1 Å². The van der Waals surface area contributed by atoms with Gasteiger partial charge in [-0.3, -0.25) is 19.3 Å². The number of nitrogens with zero attached hydrogens (tertiary/aromatic N) is 1. The Morgan fingerprint density at radius 2 is 2.05 bits per heavy atom. The van der Waals surface area contributed by atoms with Crippen LogP contribution in [-0.2, 0) is 9.59 Å². The van der Waals surface area contributed by atoms with Gasteiger partial charge in [0.2, 0.25) is 5.91 Å². The second-order valence-electron chi connectivity index (χ2n) is 4.34. The number of imide groups is 1. The van der Waals surface area contributed by atoms with Crippen LogP contribution < -0.4 is 5.32 Å². The number of likely N-dealkylation sites (N-methyl/N-ethyl adjacent to an activating group) is 1. The van der Waals surface area contributed by atoms with E-state index in [1.54, 1.807) is 12.1 Å². The standard InChI is InChI=1S/C13H13IN2O3/c1-16-11(17)7-6-10(13(16)19)15-12(18)8-4-2-3-5-9(8)14/h2-5,10H,6-7H2,1H3,(H,15,18). The average Bonchev–Trinajstić information content (AvgIpc) is 2.40. The molecule has 6 heteroatoms. The summed E-state index contributed by atoms with van der Waals surface area (Å²) in [6.45, 7) is 0. The Hall–Kier alpha value is -1.44. The average molecular weight is 372 g/mol. The van der Waals surface area contributed by atoms with Crippen molar-refractivity contribution in [3.05, 3.63) is 33.4 Å². The number of carbonyl (C=O) groups excluding carboxylic acids is 3. The fourth-order valence-corrected chi connectivity index (χ4v) is 2.56. The second kappa shape index (κ2) is 5.68. The number of halogens is 1. The lowest BCUT2D eigenvalue weighted by Crippen LogP contribution is -2.53. The molecule has 1 heterocycles. The van der Waals surface area contributed by atoms with Gasteiger partial charge in [-0.15, -0.1) is 0 Å². The van der Waals surface area contributed by atoms with E-state index in [-0.39, 0.29) is 24.1 Å². The van der Waals surface area contributed by atoms with Crippen LogP contribution in [0.25, 0.3) is 0 Å². The van der Waals surface area contributed by atoms with Crippen LogP contribution in [0.3, 0.4) is 0 Å². The largest absolute Gasteiger partial charge is 0.340 e. The third kappa shape index (κ3) is 2.94. The predicted octanol–water partition coefficient (Wildman–Crippen LogP) is 1.17. The van der Waals surface area contributed by atoms with Crippen molar-refractivity contribution < 1.29 is 14.4 Å². The van der Waals surface area contributed by atoms with E-state index < -0.39 is 6.04 Å². The highest BCUT2D eigenvalue weighted by Crippen LogP contribution is 2.15. The second-order valence-corrected chi connectivity index (χ2v) is 5.50. The maximum absolute atomic E-state index is 12.1. The van der Waals surface area contributed by atoms with E-state index >= 15 is 0 Å². The van der Waals surface area contributed by atoms with E-state index in [9.17, 15) is 14.4 Å². The summed E-state index contributed by atoms with van der Waals surface area (Å²) in [4.78, 5) is 36.4. The molecule has 1 aliphatic rings. The molecule has 1 aromatic carbocycles. The van der Waals surface area contributed by atoms with Gasteiger partial charge in [-0.25, -0.2) is 0 Å². The lowest BCUT2D eigenvalue weighted by molar-refractivity contribution is -0.147. The number of piperidine rings is 1.